The minimum atomic E-state index is 0.0382. The lowest BCUT2D eigenvalue weighted by Gasteiger charge is -2.22. The van der Waals surface area contributed by atoms with Crippen LogP contribution in [0.4, 0.5) is 0 Å². The van der Waals surface area contributed by atoms with Crippen LogP contribution in [-0.4, -0.2) is 11.1 Å². The van der Waals surface area contributed by atoms with Crippen molar-refractivity contribution in [1.82, 2.24) is 4.98 Å². The van der Waals surface area contributed by atoms with Gasteiger partial charge in [-0.05, 0) is 38.2 Å². The first-order chi connectivity index (χ1) is 7.75. The summed E-state index contributed by atoms with van der Waals surface area (Å²) in [6, 6.07) is 3.96. The third-order valence-electron chi connectivity index (χ3n) is 3.12. The van der Waals surface area contributed by atoms with Crippen LogP contribution in [-0.2, 0) is 0 Å². The minimum Gasteiger partial charge on any atom is -0.474 e. The van der Waals surface area contributed by atoms with Gasteiger partial charge in [-0.15, -0.1) is 0 Å². The molecule has 0 unspecified atom stereocenters. The molecule has 3 heteroatoms. The van der Waals surface area contributed by atoms with Crippen molar-refractivity contribution in [3.8, 4) is 5.88 Å². The second-order valence-electron chi connectivity index (χ2n) is 4.60. The van der Waals surface area contributed by atoms with Crippen molar-refractivity contribution in [2.45, 2.75) is 51.2 Å². The molecule has 0 spiro atoms. The average Bonchev–Trinajstić information content (AvgIpc) is 2.31. The molecule has 2 N–H and O–H groups in total. The van der Waals surface area contributed by atoms with Crippen molar-refractivity contribution >= 4 is 0 Å². The van der Waals surface area contributed by atoms with Crippen molar-refractivity contribution in [2.24, 2.45) is 5.73 Å². The molecule has 0 radical (unpaired) electrons. The van der Waals surface area contributed by atoms with Gasteiger partial charge >= 0.3 is 0 Å². The fraction of sp³-hybridized carbons (Fsp3) is 0.615. The van der Waals surface area contributed by atoms with Crippen LogP contribution in [0.15, 0.2) is 18.3 Å². The van der Waals surface area contributed by atoms with Crippen molar-refractivity contribution in [3.63, 3.8) is 0 Å². The third kappa shape index (κ3) is 2.95. The number of nitrogens with zero attached hydrogens (tertiary/aromatic N) is 1. The number of nitrogens with two attached hydrogens (primary N) is 1. The van der Waals surface area contributed by atoms with Gasteiger partial charge in [0.25, 0.3) is 0 Å². The summed E-state index contributed by atoms with van der Waals surface area (Å²) in [5.74, 6) is 0.733. The molecule has 0 saturated heterocycles. The number of hydrogen-bond donors (Lipinski definition) is 1. The highest BCUT2D eigenvalue weighted by Gasteiger charge is 2.15. The van der Waals surface area contributed by atoms with E-state index < -0.39 is 0 Å². The van der Waals surface area contributed by atoms with Crippen molar-refractivity contribution in [3.05, 3.63) is 23.9 Å². The summed E-state index contributed by atoms with van der Waals surface area (Å²) in [5, 5.41) is 0. The summed E-state index contributed by atoms with van der Waals surface area (Å²) in [5.41, 5.74) is 6.82. The van der Waals surface area contributed by atoms with Crippen molar-refractivity contribution in [1.29, 1.82) is 0 Å². The second-order valence-corrected chi connectivity index (χ2v) is 4.60. The Balaban J connectivity index is 1.93. The molecule has 0 aliphatic heterocycles. The number of hydrogen-bond acceptors (Lipinski definition) is 3. The SMILES string of the molecule is C[C@@H](N)c1ccc(OC2CCCCC2)nc1. The molecule has 1 fully saturated rings. The van der Waals surface area contributed by atoms with Crippen molar-refractivity contribution < 1.29 is 4.74 Å². The lowest BCUT2D eigenvalue weighted by atomic mass is 9.98. The zero-order valence-corrected chi connectivity index (χ0v) is 9.86. The molecular weight excluding hydrogens is 200 g/mol. The highest BCUT2D eigenvalue weighted by atomic mass is 16.5. The lowest BCUT2D eigenvalue weighted by molar-refractivity contribution is 0.148. The van der Waals surface area contributed by atoms with Gasteiger partial charge in [0, 0.05) is 18.3 Å². The molecule has 0 bridgehead atoms. The highest BCUT2D eigenvalue weighted by Crippen LogP contribution is 2.22. The van der Waals surface area contributed by atoms with Gasteiger partial charge in [-0.3, -0.25) is 0 Å². The molecule has 1 aliphatic rings. The molecule has 1 saturated carbocycles. The second kappa shape index (κ2) is 5.30. The highest BCUT2D eigenvalue weighted by molar-refractivity contribution is 5.20. The van der Waals surface area contributed by atoms with Gasteiger partial charge < -0.3 is 10.5 Å². The summed E-state index contributed by atoms with van der Waals surface area (Å²) in [4.78, 5) is 4.29. The number of ether oxygens (including phenoxy) is 1. The molecule has 1 aromatic heterocycles. The zero-order valence-electron chi connectivity index (χ0n) is 9.86. The van der Waals surface area contributed by atoms with Gasteiger partial charge in [0.2, 0.25) is 5.88 Å². The fourth-order valence-corrected chi connectivity index (χ4v) is 2.08. The number of aromatic nitrogens is 1. The molecule has 1 atom stereocenters. The standard InChI is InChI=1S/C13H20N2O/c1-10(14)11-7-8-13(15-9-11)16-12-5-3-2-4-6-12/h7-10,12H,2-6,14H2,1H3/t10-/m1/s1. The Labute approximate surface area is 97.0 Å². The third-order valence-corrected chi connectivity index (χ3v) is 3.12. The molecule has 3 nitrogen and oxygen atoms in total. The Hall–Kier alpha value is -1.09. The molecule has 0 amide bonds. The van der Waals surface area contributed by atoms with Crippen LogP contribution < -0.4 is 10.5 Å². The molecule has 1 aliphatic carbocycles. The summed E-state index contributed by atoms with van der Waals surface area (Å²) in [7, 11) is 0. The van der Waals surface area contributed by atoms with Gasteiger partial charge in [-0.1, -0.05) is 12.5 Å². The minimum absolute atomic E-state index is 0.0382. The van der Waals surface area contributed by atoms with E-state index in [0.29, 0.717) is 6.10 Å². The van der Waals surface area contributed by atoms with E-state index >= 15 is 0 Å². The Morgan fingerprint density at radius 3 is 2.62 bits per heavy atom. The lowest BCUT2D eigenvalue weighted by Crippen LogP contribution is -2.20. The van der Waals surface area contributed by atoms with Crippen molar-refractivity contribution in [2.75, 3.05) is 0 Å². The summed E-state index contributed by atoms with van der Waals surface area (Å²) in [6.07, 6.45) is 8.40. The Morgan fingerprint density at radius 2 is 2.06 bits per heavy atom. The van der Waals surface area contributed by atoms with Gasteiger partial charge in [0.1, 0.15) is 6.10 Å². The Kier molecular flexibility index (Phi) is 3.78. The smallest absolute Gasteiger partial charge is 0.213 e. The zero-order chi connectivity index (χ0) is 11.4. The van der Waals surface area contributed by atoms with E-state index in [0.717, 1.165) is 24.3 Å². The number of rotatable bonds is 3. The average molecular weight is 220 g/mol. The van der Waals surface area contributed by atoms with Crippen LogP contribution in [0.3, 0.4) is 0 Å². The maximum absolute atomic E-state index is 5.84. The molecule has 2 rings (SSSR count). The summed E-state index contributed by atoms with van der Waals surface area (Å²) < 4.78 is 5.84. The van der Waals surface area contributed by atoms with E-state index in [2.05, 4.69) is 4.98 Å². The van der Waals surface area contributed by atoms with Gasteiger partial charge in [-0.25, -0.2) is 4.98 Å². The van der Waals surface area contributed by atoms with E-state index in [1.807, 2.05) is 25.3 Å². The van der Waals surface area contributed by atoms with Crippen LogP contribution >= 0.6 is 0 Å². The first kappa shape index (κ1) is 11.4. The van der Waals surface area contributed by atoms with E-state index in [1.54, 1.807) is 0 Å². The monoisotopic (exact) mass is 220 g/mol. The van der Waals surface area contributed by atoms with E-state index in [9.17, 15) is 0 Å². The Bertz CT molecular complexity index is 315. The molecule has 0 aromatic carbocycles. The van der Waals surface area contributed by atoms with Gasteiger partial charge in [-0.2, -0.15) is 0 Å². The first-order valence-corrected chi connectivity index (χ1v) is 6.14. The quantitative estimate of drug-likeness (QED) is 0.852. The first-order valence-electron chi connectivity index (χ1n) is 6.14. The predicted octanol–water partition coefficient (Wildman–Crippen LogP) is 2.81. The van der Waals surface area contributed by atoms with Crippen LogP contribution in [0.25, 0.3) is 0 Å². The van der Waals surface area contributed by atoms with Crippen LogP contribution in [0, 0.1) is 0 Å². The van der Waals surface area contributed by atoms with Crippen LogP contribution in [0.5, 0.6) is 5.88 Å². The fourth-order valence-electron chi connectivity index (χ4n) is 2.08. The molecule has 16 heavy (non-hydrogen) atoms. The maximum atomic E-state index is 5.84. The van der Waals surface area contributed by atoms with E-state index in [-0.39, 0.29) is 6.04 Å². The van der Waals surface area contributed by atoms with Crippen LogP contribution in [0.2, 0.25) is 0 Å². The van der Waals surface area contributed by atoms with E-state index in [1.165, 1.54) is 19.3 Å². The van der Waals surface area contributed by atoms with Gasteiger partial charge in [0.15, 0.2) is 0 Å². The summed E-state index contributed by atoms with van der Waals surface area (Å²) in [6.45, 7) is 1.96. The molecular formula is C13H20N2O. The largest absolute Gasteiger partial charge is 0.474 e. The van der Waals surface area contributed by atoms with E-state index in [4.69, 9.17) is 10.5 Å². The maximum Gasteiger partial charge on any atom is 0.213 e. The Morgan fingerprint density at radius 1 is 1.31 bits per heavy atom. The predicted molar refractivity (Wildman–Crippen MR) is 64.3 cm³/mol. The molecule has 1 aromatic rings. The molecule has 88 valence electrons. The normalized spacial score (nSPS) is 19.4. The van der Waals surface area contributed by atoms with Crippen LogP contribution in [0.1, 0.15) is 50.6 Å². The van der Waals surface area contributed by atoms with Gasteiger partial charge in [0.05, 0.1) is 0 Å². The summed E-state index contributed by atoms with van der Waals surface area (Å²) >= 11 is 0. The molecule has 1 heterocycles. The number of pyridine rings is 1. The topological polar surface area (TPSA) is 48.1 Å².